The Morgan fingerprint density at radius 2 is 1.75 bits per heavy atom. The van der Waals surface area contributed by atoms with Crippen molar-refractivity contribution in [1.29, 1.82) is 0 Å². The van der Waals surface area contributed by atoms with Crippen molar-refractivity contribution >= 4 is 21.7 Å². The molecule has 3 rings (SSSR count). The quantitative estimate of drug-likeness (QED) is 0.614. The number of pyridine rings is 1. The lowest BCUT2D eigenvalue weighted by atomic mass is 10.0. The van der Waals surface area contributed by atoms with Crippen molar-refractivity contribution in [3.05, 3.63) is 48.2 Å². The molecular formula is C15H10F3NO. The predicted molar refractivity (Wildman–Crippen MR) is 70.8 cm³/mol. The van der Waals surface area contributed by atoms with Gasteiger partial charge >= 0.3 is 6.18 Å². The fourth-order valence-electron chi connectivity index (χ4n) is 2.20. The van der Waals surface area contributed by atoms with Gasteiger partial charge in [0.05, 0.1) is 18.2 Å². The number of methoxy groups -OCH3 is 1. The summed E-state index contributed by atoms with van der Waals surface area (Å²) in [5.41, 5.74) is -0.358. The number of benzene rings is 2. The van der Waals surface area contributed by atoms with Crippen LogP contribution < -0.4 is 4.74 Å². The van der Waals surface area contributed by atoms with Gasteiger partial charge in [0.2, 0.25) is 0 Å². The van der Waals surface area contributed by atoms with E-state index in [0.717, 1.165) is 22.9 Å². The average Bonchev–Trinajstić information content (AvgIpc) is 2.44. The van der Waals surface area contributed by atoms with E-state index in [9.17, 15) is 13.2 Å². The first-order chi connectivity index (χ1) is 9.49. The molecule has 0 fully saturated rings. The van der Waals surface area contributed by atoms with Crippen LogP contribution in [-0.4, -0.2) is 12.1 Å². The van der Waals surface area contributed by atoms with Crippen LogP contribution in [0.3, 0.4) is 0 Å². The molecule has 3 aromatic rings. The lowest BCUT2D eigenvalue weighted by Crippen LogP contribution is -2.04. The molecule has 2 nitrogen and oxygen atoms in total. The second-order valence-corrected chi connectivity index (χ2v) is 4.44. The summed E-state index contributed by atoms with van der Waals surface area (Å²) in [6.45, 7) is 0. The van der Waals surface area contributed by atoms with E-state index in [1.165, 1.54) is 6.07 Å². The molecule has 2 aromatic carbocycles. The van der Waals surface area contributed by atoms with Gasteiger partial charge in [-0.25, -0.2) is 0 Å². The molecule has 0 radical (unpaired) electrons. The van der Waals surface area contributed by atoms with Gasteiger partial charge in [-0.05, 0) is 35.7 Å². The molecule has 1 aromatic heterocycles. The summed E-state index contributed by atoms with van der Waals surface area (Å²) in [7, 11) is 1.56. The topological polar surface area (TPSA) is 22.1 Å². The Labute approximate surface area is 112 Å². The van der Waals surface area contributed by atoms with E-state index in [1.54, 1.807) is 25.4 Å². The molecule has 0 bridgehead atoms. The van der Waals surface area contributed by atoms with Gasteiger partial charge in [-0.3, -0.25) is 4.98 Å². The molecule has 20 heavy (non-hydrogen) atoms. The van der Waals surface area contributed by atoms with E-state index in [0.29, 0.717) is 16.7 Å². The first-order valence-electron chi connectivity index (χ1n) is 5.93. The van der Waals surface area contributed by atoms with Gasteiger partial charge in [0.15, 0.2) is 0 Å². The number of rotatable bonds is 1. The number of hydrogen-bond acceptors (Lipinski definition) is 2. The fourth-order valence-corrected chi connectivity index (χ4v) is 2.20. The lowest BCUT2D eigenvalue weighted by molar-refractivity contribution is -0.137. The highest BCUT2D eigenvalue weighted by Crippen LogP contribution is 2.33. The average molecular weight is 277 g/mol. The van der Waals surface area contributed by atoms with Crippen LogP contribution in [0.1, 0.15) is 5.56 Å². The maximum Gasteiger partial charge on any atom is 0.416 e. The maximum absolute atomic E-state index is 12.7. The number of aromatic nitrogens is 1. The third-order valence-corrected chi connectivity index (χ3v) is 3.22. The molecule has 1 heterocycles. The molecule has 0 amide bonds. The van der Waals surface area contributed by atoms with Crippen LogP contribution in [0, 0.1) is 0 Å². The molecular weight excluding hydrogens is 267 g/mol. The molecule has 0 aliphatic heterocycles. The van der Waals surface area contributed by atoms with Crippen molar-refractivity contribution in [3.8, 4) is 5.75 Å². The second kappa shape index (κ2) is 4.37. The van der Waals surface area contributed by atoms with E-state index in [4.69, 9.17) is 4.74 Å². The molecule has 0 aliphatic rings. The van der Waals surface area contributed by atoms with Crippen LogP contribution in [-0.2, 0) is 6.18 Å². The van der Waals surface area contributed by atoms with Gasteiger partial charge in [-0.1, -0.05) is 6.07 Å². The van der Waals surface area contributed by atoms with Crippen molar-refractivity contribution in [2.45, 2.75) is 6.18 Å². The Kier molecular flexibility index (Phi) is 2.78. The van der Waals surface area contributed by atoms with Crippen molar-refractivity contribution in [1.82, 2.24) is 4.98 Å². The fraction of sp³-hybridized carbons (Fsp3) is 0.133. The smallest absolute Gasteiger partial charge is 0.416 e. The van der Waals surface area contributed by atoms with Gasteiger partial charge in [-0.15, -0.1) is 0 Å². The molecule has 102 valence electrons. The molecule has 0 saturated carbocycles. The Bertz CT molecular complexity index is 796. The first kappa shape index (κ1) is 12.7. The van der Waals surface area contributed by atoms with Crippen LogP contribution in [0.2, 0.25) is 0 Å². The van der Waals surface area contributed by atoms with Crippen molar-refractivity contribution in [2.24, 2.45) is 0 Å². The van der Waals surface area contributed by atoms with Gasteiger partial charge in [-0.2, -0.15) is 13.2 Å². The lowest BCUT2D eigenvalue weighted by Gasteiger charge is -2.09. The van der Waals surface area contributed by atoms with Gasteiger partial charge in [0.25, 0.3) is 0 Å². The number of nitrogens with zero attached hydrogens (tertiary/aromatic N) is 1. The number of alkyl halides is 3. The molecule has 0 spiro atoms. The first-order valence-corrected chi connectivity index (χ1v) is 5.93. The van der Waals surface area contributed by atoms with E-state index in [2.05, 4.69) is 4.98 Å². The number of halogens is 3. The van der Waals surface area contributed by atoms with Gasteiger partial charge in [0.1, 0.15) is 5.75 Å². The Morgan fingerprint density at radius 1 is 1.00 bits per heavy atom. The Morgan fingerprint density at radius 3 is 2.45 bits per heavy atom. The van der Waals surface area contributed by atoms with Crippen LogP contribution in [0.5, 0.6) is 5.75 Å². The summed E-state index contributed by atoms with van der Waals surface area (Å²) in [4.78, 5) is 4.10. The van der Waals surface area contributed by atoms with Crippen molar-refractivity contribution in [2.75, 3.05) is 7.11 Å². The number of hydrogen-bond donors (Lipinski definition) is 0. The van der Waals surface area contributed by atoms with Gasteiger partial charge in [0, 0.05) is 17.0 Å². The minimum absolute atomic E-state index is 0.331. The third-order valence-electron chi connectivity index (χ3n) is 3.22. The van der Waals surface area contributed by atoms with Crippen LogP contribution in [0.4, 0.5) is 13.2 Å². The van der Waals surface area contributed by atoms with Crippen molar-refractivity contribution in [3.63, 3.8) is 0 Å². The minimum Gasteiger partial charge on any atom is -0.497 e. The summed E-state index contributed by atoms with van der Waals surface area (Å²) in [6.07, 6.45) is -2.80. The standard InChI is InChI=1S/C15H10F3NO/c1-20-11-3-5-12-9(6-11)8-19-14-7-10(15(16,17)18)2-4-13(12)14/h2-8H,1H3. The SMILES string of the molecule is COc1ccc2c(cnc3cc(C(F)(F)F)ccc32)c1. The number of fused-ring (bicyclic) bond motifs is 3. The minimum atomic E-state index is -4.36. The summed E-state index contributed by atoms with van der Waals surface area (Å²) in [5, 5.41) is 2.37. The van der Waals surface area contributed by atoms with E-state index < -0.39 is 11.7 Å². The summed E-state index contributed by atoms with van der Waals surface area (Å²) < 4.78 is 43.2. The normalized spacial score (nSPS) is 12.0. The summed E-state index contributed by atoms with van der Waals surface area (Å²) >= 11 is 0. The highest BCUT2D eigenvalue weighted by Gasteiger charge is 2.30. The second-order valence-electron chi connectivity index (χ2n) is 4.44. The zero-order valence-electron chi connectivity index (χ0n) is 10.5. The largest absolute Gasteiger partial charge is 0.497 e. The van der Waals surface area contributed by atoms with Gasteiger partial charge < -0.3 is 4.74 Å². The van der Waals surface area contributed by atoms with Crippen molar-refractivity contribution < 1.29 is 17.9 Å². The van der Waals surface area contributed by atoms with Crippen LogP contribution in [0.15, 0.2) is 42.6 Å². The zero-order chi connectivity index (χ0) is 14.3. The molecule has 0 saturated heterocycles. The van der Waals surface area contributed by atoms with E-state index in [-0.39, 0.29) is 0 Å². The molecule has 0 aliphatic carbocycles. The Balaban J connectivity index is 2.27. The molecule has 0 N–H and O–H groups in total. The van der Waals surface area contributed by atoms with Crippen LogP contribution in [0.25, 0.3) is 21.7 Å². The Hall–Kier alpha value is -2.30. The summed E-state index contributed by atoms with van der Waals surface area (Å²) in [6, 6.07) is 9.01. The summed E-state index contributed by atoms with van der Waals surface area (Å²) in [5.74, 6) is 0.686. The van der Waals surface area contributed by atoms with E-state index in [1.807, 2.05) is 6.07 Å². The van der Waals surface area contributed by atoms with Crippen LogP contribution >= 0.6 is 0 Å². The number of ether oxygens (including phenoxy) is 1. The predicted octanol–water partition coefficient (Wildman–Crippen LogP) is 4.42. The van der Waals surface area contributed by atoms with E-state index >= 15 is 0 Å². The third kappa shape index (κ3) is 2.05. The highest BCUT2D eigenvalue weighted by atomic mass is 19.4. The zero-order valence-corrected chi connectivity index (χ0v) is 10.5. The molecule has 0 atom stereocenters. The molecule has 5 heteroatoms. The maximum atomic E-state index is 12.7. The molecule has 0 unspecified atom stereocenters. The monoisotopic (exact) mass is 277 g/mol. The highest BCUT2D eigenvalue weighted by molar-refractivity contribution is 6.05.